The SMILES string of the molecule is N#Cc1ccc2cc(-c3ccc(N(c4ccc(-c5ccc6cc(C#N)ccc6c5)cc4)c4cccc5c4oc4ccccc45)cc3)ccc2c1. The number of rotatable bonds is 5. The predicted molar refractivity (Wildman–Crippen MR) is 204 cm³/mol. The van der Waals surface area contributed by atoms with Gasteiger partial charge in [-0.2, -0.15) is 10.5 Å². The zero-order valence-electron chi connectivity index (χ0n) is 26.8. The number of benzene rings is 8. The van der Waals surface area contributed by atoms with Gasteiger partial charge < -0.3 is 9.32 Å². The highest BCUT2D eigenvalue weighted by Gasteiger charge is 2.19. The van der Waals surface area contributed by atoms with E-state index in [0.717, 1.165) is 82.8 Å². The van der Waals surface area contributed by atoms with Crippen molar-refractivity contribution in [1.29, 1.82) is 10.5 Å². The summed E-state index contributed by atoms with van der Waals surface area (Å²) in [4.78, 5) is 2.26. The molecule has 0 saturated carbocycles. The molecule has 0 fully saturated rings. The number of para-hydroxylation sites is 2. The summed E-state index contributed by atoms with van der Waals surface area (Å²) in [6.07, 6.45) is 0. The molecule has 50 heavy (non-hydrogen) atoms. The van der Waals surface area contributed by atoms with E-state index in [4.69, 9.17) is 4.42 Å². The molecule has 0 saturated heterocycles. The molecule has 8 aromatic carbocycles. The van der Waals surface area contributed by atoms with Crippen LogP contribution in [0.2, 0.25) is 0 Å². The second-order valence-corrected chi connectivity index (χ2v) is 12.5. The van der Waals surface area contributed by atoms with Crippen LogP contribution in [0.3, 0.4) is 0 Å². The molecule has 0 atom stereocenters. The number of anilines is 3. The van der Waals surface area contributed by atoms with E-state index >= 15 is 0 Å². The molecule has 232 valence electrons. The first-order valence-electron chi connectivity index (χ1n) is 16.4. The van der Waals surface area contributed by atoms with Crippen molar-refractivity contribution in [2.24, 2.45) is 0 Å². The second kappa shape index (κ2) is 11.8. The van der Waals surface area contributed by atoms with E-state index < -0.39 is 0 Å². The van der Waals surface area contributed by atoms with Crippen LogP contribution >= 0.6 is 0 Å². The van der Waals surface area contributed by atoms with Crippen LogP contribution in [0.15, 0.2) is 168 Å². The highest BCUT2D eigenvalue weighted by molar-refractivity contribution is 6.10. The molecular formula is C46H27N3O. The van der Waals surface area contributed by atoms with Crippen molar-refractivity contribution < 1.29 is 4.42 Å². The van der Waals surface area contributed by atoms with Gasteiger partial charge in [-0.15, -0.1) is 0 Å². The Hall–Kier alpha value is -7.14. The molecule has 1 heterocycles. The van der Waals surface area contributed by atoms with Gasteiger partial charge in [0.2, 0.25) is 0 Å². The maximum atomic E-state index is 9.31. The van der Waals surface area contributed by atoms with Gasteiger partial charge in [0.1, 0.15) is 5.58 Å². The third kappa shape index (κ3) is 5.01. The highest BCUT2D eigenvalue weighted by atomic mass is 16.3. The van der Waals surface area contributed by atoms with Gasteiger partial charge in [-0.1, -0.05) is 91.0 Å². The maximum Gasteiger partial charge on any atom is 0.159 e. The van der Waals surface area contributed by atoms with Gasteiger partial charge in [-0.3, -0.25) is 0 Å². The lowest BCUT2D eigenvalue weighted by Gasteiger charge is -2.26. The number of nitriles is 2. The Kier molecular flexibility index (Phi) is 6.87. The van der Waals surface area contributed by atoms with E-state index in [1.165, 1.54) is 0 Å². The summed E-state index contributed by atoms with van der Waals surface area (Å²) in [5.74, 6) is 0. The number of nitrogens with zero attached hydrogens (tertiary/aromatic N) is 3. The molecule has 0 N–H and O–H groups in total. The van der Waals surface area contributed by atoms with Gasteiger partial charge in [0.15, 0.2) is 5.58 Å². The topological polar surface area (TPSA) is 64.0 Å². The minimum atomic E-state index is 0.662. The predicted octanol–water partition coefficient (Wildman–Crippen LogP) is 12.4. The summed E-state index contributed by atoms with van der Waals surface area (Å²) in [5, 5.41) is 25.1. The Bertz CT molecular complexity index is 2690. The lowest BCUT2D eigenvalue weighted by atomic mass is 9.99. The number of hydrogen-bond donors (Lipinski definition) is 0. The first kappa shape index (κ1) is 29.0. The van der Waals surface area contributed by atoms with Gasteiger partial charge in [0.05, 0.1) is 29.0 Å². The largest absolute Gasteiger partial charge is 0.454 e. The minimum absolute atomic E-state index is 0.662. The zero-order valence-corrected chi connectivity index (χ0v) is 26.8. The van der Waals surface area contributed by atoms with Crippen molar-refractivity contribution in [2.45, 2.75) is 0 Å². The molecule has 0 unspecified atom stereocenters. The number of fused-ring (bicyclic) bond motifs is 5. The van der Waals surface area contributed by atoms with Gasteiger partial charge in [0, 0.05) is 22.1 Å². The monoisotopic (exact) mass is 637 g/mol. The van der Waals surface area contributed by atoms with Crippen LogP contribution in [0.5, 0.6) is 0 Å². The quantitative estimate of drug-likeness (QED) is 0.188. The van der Waals surface area contributed by atoms with E-state index in [-0.39, 0.29) is 0 Å². The highest BCUT2D eigenvalue weighted by Crippen LogP contribution is 2.43. The molecule has 0 amide bonds. The molecule has 0 radical (unpaired) electrons. The summed E-state index contributed by atoms with van der Waals surface area (Å²) >= 11 is 0. The van der Waals surface area contributed by atoms with Gasteiger partial charge in [0.25, 0.3) is 0 Å². The maximum absolute atomic E-state index is 9.31. The van der Waals surface area contributed by atoms with E-state index in [1.54, 1.807) is 0 Å². The van der Waals surface area contributed by atoms with Crippen LogP contribution in [0, 0.1) is 22.7 Å². The van der Waals surface area contributed by atoms with Crippen molar-refractivity contribution in [1.82, 2.24) is 0 Å². The summed E-state index contributed by atoms with van der Waals surface area (Å²) < 4.78 is 6.53. The van der Waals surface area contributed by atoms with Gasteiger partial charge in [-0.25, -0.2) is 0 Å². The molecule has 0 aliphatic heterocycles. The Morgan fingerprint density at radius 2 is 0.900 bits per heavy atom. The summed E-state index contributed by atoms with van der Waals surface area (Å²) in [7, 11) is 0. The summed E-state index contributed by atoms with van der Waals surface area (Å²) in [5.41, 5.74) is 10.4. The molecule has 0 aliphatic rings. The molecule has 0 spiro atoms. The standard InChI is InChI=1S/C46H27N3O/c47-28-30-8-10-38-26-36(14-12-34(38)24-30)32-16-20-40(21-17-32)49(44-6-3-5-43-42-4-1-2-7-45(42)50-46(43)44)41-22-18-33(19-23-41)37-15-13-35-25-31(29-48)9-11-39(35)27-37/h1-27H. The molecule has 4 heteroatoms. The van der Waals surface area contributed by atoms with Crippen molar-refractivity contribution in [3.05, 3.63) is 175 Å². The lowest BCUT2D eigenvalue weighted by molar-refractivity contribution is 0.669. The van der Waals surface area contributed by atoms with Crippen LogP contribution in [-0.2, 0) is 0 Å². The van der Waals surface area contributed by atoms with Crippen molar-refractivity contribution in [3.63, 3.8) is 0 Å². The molecular weight excluding hydrogens is 611 g/mol. The molecule has 4 nitrogen and oxygen atoms in total. The summed E-state index contributed by atoms with van der Waals surface area (Å²) in [6, 6.07) is 60.5. The van der Waals surface area contributed by atoms with Crippen LogP contribution in [0.25, 0.3) is 65.7 Å². The first-order chi connectivity index (χ1) is 24.6. The molecule has 9 rings (SSSR count). The lowest BCUT2D eigenvalue weighted by Crippen LogP contribution is -2.10. The third-order valence-electron chi connectivity index (χ3n) is 9.48. The van der Waals surface area contributed by atoms with Crippen LogP contribution in [-0.4, -0.2) is 0 Å². The Labute approximate surface area is 288 Å². The van der Waals surface area contributed by atoms with Crippen molar-refractivity contribution >= 4 is 60.5 Å². The number of furan rings is 1. The zero-order chi connectivity index (χ0) is 33.6. The van der Waals surface area contributed by atoms with E-state index in [9.17, 15) is 10.5 Å². The fourth-order valence-electron chi connectivity index (χ4n) is 6.93. The van der Waals surface area contributed by atoms with Crippen LogP contribution in [0.4, 0.5) is 17.1 Å². The number of hydrogen-bond acceptors (Lipinski definition) is 4. The van der Waals surface area contributed by atoms with Crippen molar-refractivity contribution in [2.75, 3.05) is 4.90 Å². The summed E-state index contributed by atoms with van der Waals surface area (Å²) in [6.45, 7) is 0. The van der Waals surface area contributed by atoms with Crippen LogP contribution in [0.1, 0.15) is 11.1 Å². The van der Waals surface area contributed by atoms with E-state index in [1.807, 2.05) is 54.6 Å². The van der Waals surface area contributed by atoms with E-state index in [2.05, 4.69) is 126 Å². The molecule has 1 aromatic heterocycles. The average molecular weight is 638 g/mol. The molecule has 0 bridgehead atoms. The fourth-order valence-corrected chi connectivity index (χ4v) is 6.93. The minimum Gasteiger partial charge on any atom is -0.454 e. The van der Waals surface area contributed by atoms with Crippen LogP contribution < -0.4 is 4.90 Å². The fraction of sp³-hybridized carbons (Fsp3) is 0. The smallest absolute Gasteiger partial charge is 0.159 e. The van der Waals surface area contributed by atoms with Crippen molar-refractivity contribution in [3.8, 4) is 34.4 Å². The third-order valence-corrected chi connectivity index (χ3v) is 9.48. The van der Waals surface area contributed by atoms with E-state index in [0.29, 0.717) is 11.1 Å². The Morgan fingerprint density at radius 1 is 0.420 bits per heavy atom. The molecule has 9 aromatic rings. The Morgan fingerprint density at radius 3 is 1.46 bits per heavy atom. The molecule has 0 aliphatic carbocycles. The first-order valence-corrected chi connectivity index (χ1v) is 16.4. The van der Waals surface area contributed by atoms with Gasteiger partial charge in [-0.05, 0) is 117 Å². The van der Waals surface area contributed by atoms with Gasteiger partial charge >= 0.3 is 0 Å². The normalized spacial score (nSPS) is 11.2. The Balaban J connectivity index is 1.14. The average Bonchev–Trinajstić information content (AvgIpc) is 3.57. The second-order valence-electron chi connectivity index (χ2n) is 12.5.